The van der Waals surface area contributed by atoms with Crippen LogP contribution in [-0.2, 0) is 10.8 Å². The fraction of sp³-hybridized carbons (Fsp3) is 0.526. The summed E-state index contributed by atoms with van der Waals surface area (Å²) in [7, 11) is -0.898. The Labute approximate surface area is 152 Å². The van der Waals surface area contributed by atoms with Crippen LogP contribution in [-0.4, -0.2) is 33.8 Å². The molecule has 138 valence electrons. The maximum Gasteiger partial charge on any atom is 0.191 e. The summed E-state index contributed by atoms with van der Waals surface area (Å²) in [4.78, 5) is 4.55. The molecule has 0 amide bonds. The Hall–Kier alpha value is -1.82. The topological polar surface area (TPSA) is 66.6 Å². The van der Waals surface area contributed by atoms with Crippen LogP contribution in [0.3, 0.4) is 0 Å². The van der Waals surface area contributed by atoms with Gasteiger partial charge in [-0.05, 0) is 46.8 Å². The zero-order valence-corrected chi connectivity index (χ0v) is 16.6. The molecule has 1 aromatic carbocycles. The predicted octanol–water partition coefficient (Wildman–Crippen LogP) is 3.60. The number of para-hydroxylation sites is 1. The summed E-state index contributed by atoms with van der Waals surface area (Å²) >= 11 is 0. The molecule has 5 nitrogen and oxygen atoms in total. The lowest BCUT2D eigenvalue weighted by molar-refractivity contribution is 0.488. The number of fused-ring (bicyclic) bond motifs is 1. The van der Waals surface area contributed by atoms with Crippen molar-refractivity contribution >= 4 is 27.7 Å². The van der Waals surface area contributed by atoms with E-state index in [2.05, 4.69) is 15.6 Å². The third kappa shape index (κ3) is 5.59. The van der Waals surface area contributed by atoms with Crippen LogP contribution in [0.25, 0.3) is 11.0 Å². The zero-order chi connectivity index (χ0) is 18.4. The van der Waals surface area contributed by atoms with Gasteiger partial charge in [-0.2, -0.15) is 0 Å². The highest BCUT2D eigenvalue weighted by atomic mass is 32.2. The second-order valence-corrected chi connectivity index (χ2v) is 9.30. The van der Waals surface area contributed by atoms with Crippen LogP contribution in [0.2, 0.25) is 0 Å². The molecular weight excluding hydrogens is 334 g/mol. The lowest BCUT2D eigenvalue weighted by Crippen LogP contribution is -2.39. The van der Waals surface area contributed by atoms with Crippen molar-refractivity contribution in [2.75, 3.05) is 18.8 Å². The van der Waals surface area contributed by atoms with Crippen molar-refractivity contribution < 1.29 is 8.63 Å². The average Bonchev–Trinajstić information content (AvgIpc) is 2.98. The first-order valence-corrected chi connectivity index (χ1v) is 10.0. The third-order valence-electron chi connectivity index (χ3n) is 3.80. The summed E-state index contributed by atoms with van der Waals surface area (Å²) < 4.78 is 17.8. The first-order valence-electron chi connectivity index (χ1n) is 8.73. The quantitative estimate of drug-likeness (QED) is 0.608. The van der Waals surface area contributed by atoms with Crippen LogP contribution in [0, 0.1) is 0 Å². The molecule has 2 rings (SSSR count). The van der Waals surface area contributed by atoms with Crippen LogP contribution in [0.5, 0.6) is 0 Å². The van der Waals surface area contributed by atoms with Crippen molar-refractivity contribution in [2.24, 2.45) is 4.99 Å². The van der Waals surface area contributed by atoms with E-state index < -0.39 is 10.8 Å². The van der Waals surface area contributed by atoms with Gasteiger partial charge >= 0.3 is 0 Å². The maximum absolute atomic E-state index is 12.1. The summed E-state index contributed by atoms with van der Waals surface area (Å²) in [5.41, 5.74) is 0.883. The average molecular weight is 364 g/mol. The minimum atomic E-state index is -0.898. The fourth-order valence-electron chi connectivity index (χ4n) is 2.36. The summed E-state index contributed by atoms with van der Waals surface area (Å²) in [5.74, 6) is 2.13. The highest BCUT2D eigenvalue weighted by Gasteiger charge is 2.19. The first-order chi connectivity index (χ1) is 11.8. The van der Waals surface area contributed by atoms with Gasteiger partial charge in [-0.25, -0.2) is 0 Å². The van der Waals surface area contributed by atoms with Crippen molar-refractivity contribution in [1.82, 2.24) is 10.6 Å². The normalized spacial score (nSPS) is 15.2. The molecule has 1 heterocycles. The first kappa shape index (κ1) is 19.5. The van der Waals surface area contributed by atoms with Gasteiger partial charge in [0.25, 0.3) is 0 Å². The molecule has 1 aromatic heterocycles. The number of hydrogen-bond acceptors (Lipinski definition) is 3. The molecular formula is C19H29N3O2S. The number of rotatable bonds is 6. The number of guanidine groups is 1. The van der Waals surface area contributed by atoms with Gasteiger partial charge in [0.2, 0.25) is 0 Å². The van der Waals surface area contributed by atoms with Gasteiger partial charge in [0.05, 0.1) is 12.6 Å². The van der Waals surface area contributed by atoms with E-state index in [-0.39, 0.29) is 10.8 Å². The van der Waals surface area contributed by atoms with E-state index >= 15 is 0 Å². The highest BCUT2D eigenvalue weighted by Crippen LogP contribution is 2.23. The van der Waals surface area contributed by atoms with E-state index in [4.69, 9.17) is 4.42 Å². The van der Waals surface area contributed by atoms with E-state index in [1.807, 2.05) is 65.0 Å². The van der Waals surface area contributed by atoms with Gasteiger partial charge in [0.1, 0.15) is 11.3 Å². The largest absolute Gasteiger partial charge is 0.459 e. The molecule has 0 fully saturated rings. The van der Waals surface area contributed by atoms with Crippen LogP contribution in [0.15, 0.2) is 39.7 Å². The second kappa shape index (κ2) is 8.52. The van der Waals surface area contributed by atoms with E-state index in [1.165, 1.54) is 0 Å². The molecule has 0 aliphatic heterocycles. The molecule has 2 atom stereocenters. The summed E-state index contributed by atoms with van der Waals surface area (Å²) in [6, 6.07) is 10.0. The molecule has 0 aliphatic rings. The Morgan fingerprint density at radius 3 is 2.68 bits per heavy atom. The van der Waals surface area contributed by atoms with Crippen LogP contribution < -0.4 is 10.6 Å². The van der Waals surface area contributed by atoms with Crippen molar-refractivity contribution in [1.29, 1.82) is 0 Å². The number of furan rings is 1. The zero-order valence-electron chi connectivity index (χ0n) is 15.8. The molecule has 0 saturated carbocycles. The molecule has 2 unspecified atom stereocenters. The molecule has 0 bridgehead atoms. The van der Waals surface area contributed by atoms with Crippen LogP contribution in [0.4, 0.5) is 0 Å². The molecule has 0 radical (unpaired) electrons. The Balaban J connectivity index is 2.01. The maximum atomic E-state index is 12.1. The molecule has 2 aromatic rings. The van der Waals surface area contributed by atoms with Crippen molar-refractivity contribution in [3.05, 3.63) is 36.1 Å². The predicted molar refractivity (Wildman–Crippen MR) is 107 cm³/mol. The van der Waals surface area contributed by atoms with Crippen molar-refractivity contribution in [3.63, 3.8) is 0 Å². The molecule has 0 aliphatic carbocycles. The summed E-state index contributed by atoms with van der Waals surface area (Å²) in [6.45, 7) is 11.3. The molecule has 0 spiro atoms. The number of nitrogens with one attached hydrogen (secondary N) is 2. The van der Waals surface area contributed by atoms with Crippen LogP contribution in [0.1, 0.15) is 46.4 Å². The number of hydrogen-bond donors (Lipinski definition) is 2. The fourth-order valence-corrected chi connectivity index (χ4v) is 3.23. The standard InChI is InChI=1S/C19H29N3O2S/c1-6-20-18(21-11-12-25(23)19(3,4)5)22-14(2)17-13-15-9-7-8-10-16(15)24-17/h7-10,13-14H,6,11-12H2,1-5H3,(H2,20,21,22). The Morgan fingerprint density at radius 1 is 1.32 bits per heavy atom. The van der Waals surface area contributed by atoms with Gasteiger partial charge < -0.3 is 15.1 Å². The monoisotopic (exact) mass is 363 g/mol. The molecule has 25 heavy (non-hydrogen) atoms. The number of nitrogens with zero attached hydrogens (tertiary/aromatic N) is 1. The SMILES string of the molecule is CCNC(=NCCS(=O)C(C)(C)C)NC(C)c1cc2ccccc2o1. The van der Waals surface area contributed by atoms with Gasteiger partial charge in [-0.15, -0.1) is 0 Å². The second-order valence-electron chi connectivity index (χ2n) is 6.98. The molecule has 0 saturated heterocycles. The van der Waals surface area contributed by atoms with Gasteiger partial charge in [0, 0.05) is 33.2 Å². The smallest absolute Gasteiger partial charge is 0.191 e. The van der Waals surface area contributed by atoms with Crippen molar-refractivity contribution in [3.8, 4) is 0 Å². The Kier molecular flexibility index (Phi) is 6.64. The Morgan fingerprint density at radius 2 is 2.04 bits per heavy atom. The van der Waals surface area contributed by atoms with E-state index in [9.17, 15) is 4.21 Å². The van der Waals surface area contributed by atoms with Gasteiger partial charge in [-0.1, -0.05) is 18.2 Å². The Bertz CT molecular complexity index is 713. The molecule has 2 N–H and O–H groups in total. The van der Waals surface area contributed by atoms with E-state index in [1.54, 1.807) is 0 Å². The summed E-state index contributed by atoms with van der Waals surface area (Å²) in [6.07, 6.45) is 0. The third-order valence-corrected chi connectivity index (χ3v) is 5.72. The minimum Gasteiger partial charge on any atom is -0.459 e. The summed E-state index contributed by atoms with van der Waals surface area (Å²) in [5, 5.41) is 7.67. The van der Waals surface area contributed by atoms with Crippen LogP contribution >= 0.6 is 0 Å². The van der Waals surface area contributed by atoms with Crippen molar-refractivity contribution in [2.45, 2.75) is 45.4 Å². The number of aliphatic imine (C=N–C) groups is 1. The number of benzene rings is 1. The lowest BCUT2D eigenvalue weighted by atomic mass is 10.2. The van der Waals surface area contributed by atoms with E-state index in [0.717, 1.165) is 23.3 Å². The van der Waals surface area contributed by atoms with Gasteiger partial charge in [-0.3, -0.25) is 9.20 Å². The molecule has 6 heteroatoms. The van der Waals surface area contributed by atoms with E-state index in [0.29, 0.717) is 18.3 Å². The lowest BCUT2D eigenvalue weighted by Gasteiger charge is -2.18. The highest BCUT2D eigenvalue weighted by molar-refractivity contribution is 7.86. The van der Waals surface area contributed by atoms with Gasteiger partial charge in [0.15, 0.2) is 5.96 Å². The minimum absolute atomic E-state index is 0.0155.